The third-order valence-electron chi connectivity index (χ3n) is 5.72. The second-order valence-corrected chi connectivity index (χ2v) is 8.18. The number of carbonyl (C=O) groups is 5. The van der Waals surface area contributed by atoms with Gasteiger partial charge in [-0.1, -0.05) is 0 Å². The number of allylic oxidation sites excluding steroid dienone is 1. The Morgan fingerprint density at radius 1 is 0.556 bits per heavy atom. The molecule has 5 N–H and O–H groups in total. The Morgan fingerprint density at radius 3 is 1.29 bits per heavy atom. The van der Waals surface area contributed by atoms with E-state index in [1.54, 1.807) is 0 Å². The predicted molar refractivity (Wildman–Crippen MR) is 114 cm³/mol. The number of rotatable bonds is 9. The van der Waals surface area contributed by atoms with E-state index in [0.717, 1.165) is 0 Å². The van der Waals surface area contributed by atoms with Crippen molar-refractivity contribution in [2.75, 3.05) is 0 Å². The first-order valence-electron chi connectivity index (χ1n) is 10.7. The smallest absolute Gasteiger partial charge is 0.359 e. The summed E-state index contributed by atoms with van der Waals surface area (Å²) in [5.74, 6) is -48.9. The van der Waals surface area contributed by atoms with Gasteiger partial charge in [0, 0.05) is 0 Å². The van der Waals surface area contributed by atoms with E-state index in [-0.39, 0.29) is 0 Å². The van der Waals surface area contributed by atoms with Crippen molar-refractivity contribution < 1.29 is 103 Å². The van der Waals surface area contributed by atoms with E-state index in [4.69, 9.17) is 20.4 Å². The number of halogens is 10. The number of benzene rings is 2. The molecule has 2 unspecified atom stereocenters. The van der Waals surface area contributed by atoms with Gasteiger partial charge in [0.2, 0.25) is 35.1 Å². The number of carboxylic acid groups (broad SMARTS) is 5. The highest BCUT2D eigenvalue weighted by atomic mass is 19.2. The van der Waals surface area contributed by atoms with Crippen LogP contribution in [-0.2, 0) is 4.79 Å². The molecule has 1 aliphatic rings. The highest BCUT2D eigenvalue weighted by molar-refractivity contribution is 6.03. The molecule has 0 heterocycles. The molecule has 3 rings (SSSR count). The van der Waals surface area contributed by atoms with Crippen molar-refractivity contribution in [1.29, 1.82) is 0 Å². The molecule has 2 aromatic carbocycles. The average Bonchev–Trinajstić information content (AvgIpc) is 2.93. The Bertz CT molecular complexity index is 1820. The fourth-order valence-electron chi connectivity index (χ4n) is 3.73. The van der Waals surface area contributed by atoms with Crippen LogP contribution in [0.25, 0.3) is 0 Å². The lowest BCUT2D eigenvalue weighted by Crippen LogP contribution is -2.56. The molecule has 0 radical (unpaired) electrons. The summed E-state index contributed by atoms with van der Waals surface area (Å²) in [6.07, 6.45) is -4.52. The highest BCUT2D eigenvalue weighted by Gasteiger charge is 2.63. The fraction of sp³-hybridized carbons (Fsp3) is 0.0870. The van der Waals surface area contributed by atoms with E-state index in [1.165, 1.54) is 0 Å². The van der Waals surface area contributed by atoms with Crippen molar-refractivity contribution >= 4 is 29.8 Å². The maximum atomic E-state index is 15.3. The zero-order valence-electron chi connectivity index (χ0n) is 20.5. The number of carboxylic acids is 5. The SMILES string of the molecule is O=C(O)c1c(F)c(F)c(OC2=C(F)C(F)C(Oc3c(F)c(F)c(C(=O)O)c(C(=O)O)c3F)(C(=O)O)C(F)=C2F)c(F)c1C(=O)O. The third kappa shape index (κ3) is 4.88. The summed E-state index contributed by atoms with van der Waals surface area (Å²) < 4.78 is 155. The third-order valence-corrected chi connectivity index (χ3v) is 5.72. The molecule has 0 amide bonds. The van der Waals surface area contributed by atoms with E-state index in [2.05, 4.69) is 9.47 Å². The number of ether oxygens (including phenoxy) is 2. The first kappa shape index (κ1) is 33.7. The minimum Gasteiger partial charge on any atom is -0.478 e. The van der Waals surface area contributed by atoms with Crippen LogP contribution in [0.2, 0.25) is 0 Å². The number of hydrogen-bond acceptors (Lipinski definition) is 7. The topological polar surface area (TPSA) is 205 Å². The van der Waals surface area contributed by atoms with Crippen LogP contribution in [0.4, 0.5) is 43.9 Å². The molecule has 2 aromatic rings. The van der Waals surface area contributed by atoms with Crippen LogP contribution in [0.1, 0.15) is 41.4 Å². The molecule has 0 aliphatic heterocycles. The Kier molecular flexibility index (Phi) is 8.49. The molecular formula is C23H6F10O12. The molecule has 0 saturated heterocycles. The van der Waals surface area contributed by atoms with Gasteiger partial charge in [-0.3, -0.25) is 0 Å². The summed E-state index contributed by atoms with van der Waals surface area (Å²) in [4.78, 5) is 56.6. The van der Waals surface area contributed by atoms with Crippen LogP contribution in [0, 0.1) is 34.9 Å². The molecular weight excluding hydrogens is 658 g/mol. The largest absolute Gasteiger partial charge is 0.478 e. The predicted octanol–water partition coefficient (Wildman–Crippen LogP) is 4.28. The molecule has 22 heteroatoms. The van der Waals surface area contributed by atoms with Crippen LogP contribution >= 0.6 is 0 Å². The normalized spacial score (nSPS) is 18.1. The molecule has 0 saturated carbocycles. The van der Waals surface area contributed by atoms with Crippen molar-refractivity contribution in [2.24, 2.45) is 0 Å². The second-order valence-electron chi connectivity index (χ2n) is 8.18. The van der Waals surface area contributed by atoms with Gasteiger partial charge in [-0.15, -0.1) is 0 Å². The number of hydrogen-bond donors (Lipinski definition) is 5. The Balaban J connectivity index is 2.31. The minimum absolute atomic E-state index is 2.21. The molecule has 240 valence electrons. The van der Waals surface area contributed by atoms with Crippen molar-refractivity contribution in [3.05, 3.63) is 80.4 Å². The van der Waals surface area contributed by atoms with E-state index in [0.29, 0.717) is 0 Å². The van der Waals surface area contributed by atoms with Crippen molar-refractivity contribution in [2.45, 2.75) is 11.8 Å². The van der Waals surface area contributed by atoms with Gasteiger partial charge in [0.25, 0.3) is 5.60 Å². The quantitative estimate of drug-likeness (QED) is 0.188. The zero-order valence-corrected chi connectivity index (χ0v) is 20.5. The second kappa shape index (κ2) is 11.3. The van der Waals surface area contributed by atoms with Crippen LogP contribution in [-0.4, -0.2) is 67.2 Å². The lowest BCUT2D eigenvalue weighted by molar-refractivity contribution is -0.159. The van der Waals surface area contributed by atoms with Crippen LogP contribution in [0.3, 0.4) is 0 Å². The van der Waals surface area contributed by atoms with Gasteiger partial charge in [-0.25, -0.2) is 54.7 Å². The van der Waals surface area contributed by atoms with Gasteiger partial charge in [0.1, 0.15) is 22.3 Å². The van der Waals surface area contributed by atoms with E-state index < -0.39 is 134 Å². The van der Waals surface area contributed by atoms with Gasteiger partial charge < -0.3 is 35.0 Å². The Morgan fingerprint density at radius 2 is 0.911 bits per heavy atom. The molecule has 2 atom stereocenters. The Hall–Kier alpha value is -5.83. The molecule has 12 nitrogen and oxygen atoms in total. The first-order chi connectivity index (χ1) is 20.7. The van der Waals surface area contributed by atoms with Crippen LogP contribution in [0.5, 0.6) is 11.5 Å². The zero-order chi connectivity index (χ0) is 34.6. The fourth-order valence-corrected chi connectivity index (χ4v) is 3.73. The first-order valence-corrected chi connectivity index (χ1v) is 10.7. The summed E-state index contributed by atoms with van der Waals surface area (Å²) in [5.41, 5.74) is -14.2. The molecule has 1 aliphatic carbocycles. The Labute approximate surface area is 237 Å². The monoisotopic (exact) mass is 664 g/mol. The van der Waals surface area contributed by atoms with Crippen molar-refractivity contribution in [3.8, 4) is 11.5 Å². The van der Waals surface area contributed by atoms with Gasteiger partial charge in [0.05, 0.1) is 0 Å². The minimum atomic E-state index is -5.07. The number of aromatic carboxylic acids is 4. The van der Waals surface area contributed by atoms with E-state index in [1.807, 2.05) is 0 Å². The number of aliphatic carboxylic acids is 1. The summed E-state index contributed by atoms with van der Waals surface area (Å²) in [6.45, 7) is 0. The molecule has 45 heavy (non-hydrogen) atoms. The number of alkyl halides is 1. The molecule has 0 bridgehead atoms. The van der Waals surface area contributed by atoms with Gasteiger partial charge in [-0.05, 0) is 0 Å². The van der Waals surface area contributed by atoms with Crippen LogP contribution < -0.4 is 9.47 Å². The van der Waals surface area contributed by atoms with Gasteiger partial charge >= 0.3 is 29.8 Å². The lowest BCUT2D eigenvalue weighted by atomic mass is 9.89. The van der Waals surface area contributed by atoms with Crippen LogP contribution in [0.15, 0.2) is 23.2 Å². The summed E-state index contributed by atoms with van der Waals surface area (Å²) in [6, 6.07) is 0. The summed E-state index contributed by atoms with van der Waals surface area (Å²) in [7, 11) is 0. The van der Waals surface area contributed by atoms with E-state index >= 15 is 13.2 Å². The maximum absolute atomic E-state index is 15.3. The molecule has 0 aromatic heterocycles. The maximum Gasteiger partial charge on any atom is 0.359 e. The van der Waals surface area contributed by atoms with Gasteiger partial charge in [0.15, 0.2) is 40.7 Å². The molecule has 0 spiro atoms. The van der Waals surface area contributed by atoms with Crippen molar-refractivity contribution in [1.82, 2.24) is 0 Å². The van der Waals surface area contributed by atoms with E-state index in [9.17, 15) is 59.8 Å². The highest BCUT2D eigenvalue weighted by Crippen LogP contribution is 2.47. The summed E-state index contributed by atoms with van der Waals surface area (Å²) in [5, 5.41) is 45.2. The van der Waals surface area contributed by atoms with Crippen molar-refractivity contribution in [3.63, 3.8) is 0 Å². The molecule has 0 fully saturated rings. The van der Waals surface area contributed by atoms with Gasteiger partial charge in [-0.2, -0.15) is 13.2 Å². The summed E-state index contributed by atoms with van der Waals surface area (Å²) >= 11 is 0. The lowest BCUT2D eigenvalue weighted by Gasteiger charge is -2.34. The standard InChI is InChI=1S/C23H6F10O12/c24-5-1(18(34)35)3(20(38)39)7(26)13(9(5)28)44-14-11(30)16(32)23(22(42)43,17(33)12(14)31)45-15-8(27)4(21(40)41)2(19(36)37)6(25)10(15)29/h16H,(H,34,35)(H,36,37)(H,38,39)(H,40,41)(H,42,43). The average molecular weight is 664 g/mol.